The van der Waals surface area contributed by atoms with Crippen LogP contribution in [0.4, 0.5) is 5.13 Å². The first-order valence-electron chi connectivity index (χ1n) is 8.87. The smallest absolute Gasteiger partial charge is 0.353 e. The molecule has 0 saturated carbocycles. The number of amides is 1. The normalized spacial score (nSPS) is 10.9. The Morgan fingerprint density at radius 1 is 1.32 bits per heavy atom. The lowest BCUT2D eigenvalue weighted by molar-refractivity contribution is -0.112. The number of nitrogens with zero attached hydrogens (tertiary/aromatic N) is 3. The Hall–Kier alpha value is -3.20. The molecule has 0 aliphatic rings. The molecule has 31 heavy (non-hydrogen) atoms. The van der Waals surface area contributed by atoms with Gasteiger partial charge in [-0.1, -0.05) is 30.8 Å². The van der Waals surface area contributed by atoms with Crippen LogP contribution in [-0.4, -0.2) is 34.1 Å². The Kier molecular flexibility index (Phi) is 7.77. The Morgan fingerprint density at radius 2 is 2.16 bits per heavy atom. The van der Waals surface area contributed by atoms with Gasteiger partial charge in [-0.05, 0) is 41.0 Å². The first-order chi connectivity index (χ1) is 15.0. The number of nitriles is 1. The fourth-order valence-electron chi connectivity index (χ4n) is 2.33. The van der Waals surface area contributed by atoms with Crippen LogP contribution in [0.1, 0.15) is 22.2 Å². The van der Waals surface area contributed by atoms with Gasteiger partial charge in [0.15, 0.2) is 11.5 Å². The van der Waals surface area contributed by atoms with Crippen molar-refractivity contribution in [2.45, 2.75) is 12.1 Å². The number of hydrogen-bond acceptors (Lipinski definition) is 10. The zero-order chi connectivity index (χ0) is 22.2. The van der Waals surface area contributed by atoms with Crippen molar-refractivity contribution in [1.29, 1.82) is 5.26 Å². The molecule has 0 aliphatic heterocycles. The quantitative estimate of drug-likeness (QED) is 0.168. The monoisotopic (exact) mass is 472 g/mol. The maximum atomic E-state index is 12.4. The molecule has 1 N–H and O–H groups in total. The van der Waals surface area contributed by atoms with Gasteiger partial charge in [0.25, 0.3) is 5.91 Å². The summed E-state index contributed by atoms with van der Waals surface area (Å²) in [6.07, 6.45) is 1.41. The number of methoxy groups -OCH3 is 1. The molecule has 0 saturated heterocycles. The van der Waals surface area contributed by atoms with E-state index in [2.05, 4.69) is 14.7 Å². The number of benzene rings is 1. The van der Waals surface area contributed by atoms with Gasteiger partial charge in [-0.2, -0.15) is 14.6 Å². The van der Waals surface area contributed by atoms with E-state index in [1.54, 1.807) is 35.7 Å². The summed E-state index contributed by atoms with van der Waals surface area (Å²) in [5.41, 5.74) is 0.407. The summed E-state index contributed by atoms with van der Waals surface area (Å²) >= 11 is 3.77. The van der Waals surface area contributed by atoms with Crippen LogP contribution in [0.3, 0.4) is 0 Å². The fraction of sp³-hybridized carbons (Fsp3) is 0.150. The zero-order valence-electron chi connectivity index (χ0n) is 16.4. The first-order valence-corrected chi connectivity index (χ1v) is 11.5. The van der Waals surface area contributed by atoms with Gasteiger partial charge in [-0.3, -0.25) is 10.1 Å². The highest BCUT2D eigenvalue weighted by atomic mass is 32.2. The molecule has 2 aromatic heterocycles. The molecule has 3 rings (SSSR count). The predicted octanol–water partition coefficient (Wildman–Crippen LogP) is 4.49. The second-order valence-electron chi connectivity index (χ2n) is 5.72. The summed E-state index contributed by atoms with van der Waals surface area (Å²) in [6, 6.07) is 10.0. The van der Waals surface area contributed by atoms with Crippen LogP contribution < -0.4 is 14.8 Å². The van der Waals surface area contributed by atoms with E-state index in [4.69, 9.17) is 9.47 Å². The Balaban J connectivity index is 1.75. The van der Waals surface area contributed by atoms with Crippen molar-refractivity contribution < 1.29 is 19.1 Å². The molecule has 0 aliphatic carbocycles. The van der Waals surface area contributed by atoms with Crippen molar-refractivity contribution in [2.24, 2.45) is 0 Å². The van der Waals surface area contributed by atoms with Gasteiger partial charge in [0.1, 0.15) is 16.5 Å². The number of ether oxygens (including phenoxy) is 2. The molecule has 0 unspecified atom stereocenters. The van der Waals surface area contributed by atoms with E-state index in [-0.39, 0.29) is 11.3 Å². The van der Waals surface area contributed by atoms with Crippen LogP contribution in [0.2, 0.25) is 0 Å². The third-order valence-corrected chi connectivity index (χ3v) is 6.02. The maximum Gasteiger partial charge on any atom is 0.353 e. The van der Waals surface area contributed by atoms with Crippen LogP contribution in [0, 0.1) is 11.3 Å². The van der Waals surface area contributed by atoms with E-state index in [9.17, 15) is 14.9 Å². The highest BCUT2D eigenvalue weighted by Gasteiger charge is 2.16. The number of carbonyl (C=O) groups excluding carboxylic acids is 2. The third-order valence-electron chi connectivity index (χ3n) is 3.69. The van der Waals surface area contributed by atoms with Gasteiger partial charge in [-0.15, -0.1) is 11.3 Å². The lowest BCUT2D eigenvalue weighted by atomic mass is 10.1. The Morgan fingerprint density at radius 3 is 2.84 bits per heavy atom. The number of carbonyl (C=O) groups is 2. The van der Waals surface area contributed by atoms with E-state index in [1.165, 1.54) is 36.3 Å². The standard InChI is InChI=1S/C20H16N4O4S3/c1-3-29-20-23-19(31-24-20)22-17(25)13(11-21)9-12-6-7-14(15(10-12)27-2)28-18(26)16-5-4-8-30-16/h4-10H,3H2,1-2H3,(H,22,23,24,25). The van der Waals surface area contributed by atoms with Gasteiger partial charge >= 0.3 is 5.97 Å². The Bertz CT molecular complexity index is 1150. The van der Waals surface area contributed by atoms with Gasteiger partial charge in [0.2, 0.25) is 10.3 Å². The molecular formula is C20H16N4O4S3. The number of rotatable bonds is 8. The fourth-order valence-corrected chi connectivity index (χ4v) is 4.20. The molecule has 11 heteroatoms. The van der Waals surface area contributed by atoms with Crippen LogP contribution in [0.15, 0.2) is 46.4 Å². The van der Waals surface area contributed by atoms with E-state index in [0.29, 0.717) is 26.5 Å². The summed E-state index contributed by atoms with van der Waals surface area (Å²) < 4.78 is 14.8. The molecule has 8 nitrogen and oxygen atoms in total. The van der Waals surface area contributed by atoms with Gasteiger partial charge in [-0.25, -0.2) is 4.79 Å². The zero-order valence-corrected chi connectivity index (χ0v) is 18.9. The summed E-state index contributed by atoms with van der Waals surface area (Å²) in [5.74, 6) is 0.247. The molecule has 158 valence electrons. The number of nitrogens with one attached hydrogen (secondary N) is 1. The van der Waals surface area contributed by atoms with Gasteiger partial charge in [0.05, 0.1) is 7.11 Å². The molecular weight excluding hydrogens is 456 g/mol. The summed E-state index contributed by atoms with van der Waals surface area (Å²) in [4.78, 5) is 29.3. The molecule has 1 amide bonds. The van der Waals surface area contributed by atoms with Gasteiger partial charge < -0.3 is 9.47 Å². The summed E-state index contributed by atoms with van der Waals surface area (Å²) in [7, 11) is 1.44. The number of thioether (sulfide) groups is 1. The largest absolute Gasteiger partial charge is 0.493 e. The molecule has 3 aromatic rings. The second-order valence-corrected chi connectivity index (χ2v) is 8.65. The average Bonchev–Trinajstić information content (AvgIpc) is 3.45. The minimum Gasteiger partial charge on any atom is -0.493 e. The average molecular weight is 473 g/mol. The number of anilines is 1. The lowest BCUT2D eigenvalue weighted by Gasteiger charge is -2.09. The lowest BCUT2D eigenvalue weighted by Crippen LogP contribution is -2.13. The van der Waals surface area contributed by atoms with Crippen molar-refractivity contribution in [2.75, 3.05) is 18.2 Å². The highest BCUT2D eigenvalue weighted by Crippen LogP contribution is 2.30. The second kappa shape index (κ2) is 10.7. The third kappa shape index (κ3) is 5.91. The van der Waals surface area contributed by atoms with E-state index in [1.807, 2.05) is 13.0 Å². The van der Waals surface area contributed by atoms with E-state index in [0.717, 1.165) is 17.3 Å². The molecule has 0 atom stereocenters. The van der Waals surface area contributed by atoms with E-state index < -0.39 is 11.9 Å². The minimum absolute atomic E-state index is 0.120. The maximum absolute atomic E-state index is 12.4. The van der Waals surface area contributed by atoms with Crippen molar-refractivity contribution in [3.63, 3.8) is 0 Å². The van der Waals surface area contributed by atoms with E-state index >= 15 is 0 Å². The number of aromatic nitrogens is 2. The summed E-state index contributed by atoms with van der Waals surface area (Å²) in [6.45, 7) is 1.98. The summed E-state index contributed by atoms with van der Waals surface area (Å²) in [5, 5.41) is 14.7. The first kappa shape index (κ1) is 22.5. The van der Waals surface area contributed by atoms with Crippen LogP contribution >= 0.6 is 34.6 Å². The molecule has 0 spiro atoms. The number of thiophene rings is 1. The topological polar surface area (TPSA) is 114 Å². The Labute approximate surface area is 190 Å². The molecule has 0 bridgehead atoms. The molecule has 0 radical (unpaired) electrons. The van der Waals surface area contributed by atoms with Crippen molar-refractivity contribution >= 4 is 57.7 Å². The van der Waals surface area contributed by atoms with Crippen molar-refractivity contribution in [3.8, 4) is 17.6 Å². The van der Waals surface area contributed by atoms with Crippen LogP contribution in [0.5, 0.6) is 11.5 Å². The molecule has 0 fully saturated rings. The molecule has 2 heterocycles. The predicted molar refractivity (Wildman–Crippen MR) is 121 cm³/mol. The SMILES string of the molecule is CCSc1nsc(NC(=O)C(C#N)=Cc2ccc(OC(=O)c3cccs3)c(OC)c2)n1. The van der Waals surface area contributed by atoms with Crippen LogP contribution in [-0.2, 0) is 4.79 Å². The van der Waals surface area contributed by atoms with Crippen molar-refractivity contribution in [3.05, 3.63) is 51.7 Å². The highest BCUT2D eigenvalue weighted by molar-refractivity contribution is 7.99. The molecule has 1 aromatic carbocycles. The van der Waals surface area contributed by atoms with Gasteiger partial charge in [0, 0.05) is 11.5 Å². The minimum atomic E-state index is -0.598. The number of hydrogen-bond donors (Lipinski definition) is 1. The van der Waals surface area contributed by atoms with Crippen molar-refractivity contribution in [1.82, 2.24) is 9.36 Å². The van der Waals surface area contributed by atoms with Crippen LogP contribution in [0.25, 0.3) is 6.08 Å². The number of esters is 1.